The summed E-state index contributed by atoms with van der Waals surface area (Å²) in [6.45, 7) is 2.07. The van der Waals surface area contributed by atoms with Crippen LogP contribution in [0.1, 0.15) is 17.3 Å². The summed E-state index contributed by atoms with van der Waals surface area (Å²) in [7, 11) is 1.64. The quantitative estimate of drug-likeness (QED) is 0.617. The van der Waals surface area contributed by atoms with E-state index in [2.05, 4.69) is 10.3 Å². The number of carbonyl (C=O) groups is 2. The number of pyridine rings is 1. The van der Waals surface area contributed by atoms with Crippen molar-refractivity contribution in [2.24, 2.45) is 0 Å². The zero-order valence-electron chi connectivity index (χ0n) is 16.2. The van der Waals surface area contributed by atoms with Gasteiger partial charge in [-0.3, -0.25) is 9.69 Å². The molecule has 0 fully saturated rings. The van der Waals surface area contributed by atoms with Crippen molar-refractivity contribution in [3.63, 3.8) is 0 Å². The molecule has 1 N–H and O–H groups in total. The molecule has 1 aromatic heterocycles. The predicted molar refractivity (Wildman–Crippen MR) is 115 cm³/mol. The zero-order chi connectivity index (χ0) is 20.6. The number of anilines is 2. The Labute approximate surface area is 173 Å². The smallest absolute Gasteiger partial charge is 0.413 e. The molecule has 3 rings (SSSR count). The fraction of sp³-hybridized carbons (Fsp3) is 0.136. The largest absolute Gasteiger partial charge is 0.449 e. The van der Waals surface area contributed by atoms with Gasteiger partial charge in [0.15, 0.2) is 0 Å². The van der Waals surface area contributed by atoms with E-state index in [9.17, 15) is 9.59 Å². The van der Waals surface area contributed by atoms with Crippen LogP contribution >= 0.6 is 11.8 Å². The van der Waals surface area contributed by atoms with Crippen LogP contribution in [0.3, 0.4) is 0 Å². The Morgan fingerprint density at radius 1 is 1.03 bits per heavy atom. The maximum atomic E-state index is 12.5. The molecule has 1 heterocycles. The minimum absolute atomic E-state index is 0.203. The van der Waals surface area contributed by atoms with Crippen molar-refractivity contribution in [3.05, 3.63) is 78.5 Å². The molecule has 0 atom stereocenters. The number of hydrogen-bond donors (Lipinski definition) is 1. The molecule has 2 amide bonds. The Morgan fingerprint density at radius 3 is 2.38 bits per heavy atom. The molecule has 3 aromatic rings. The third-order valence-corrected chi connectivity index (χ3v) is 4.99. The first kappa shape index (κ1) is 20.4. The van der Waals surface area contributed by atoms with Crippen molar-refractivity contribution in [3.8, 4) is 0 Å². The molecular formula is C22H21N3O3S. The molecule has 29 heavy (non-hydrogen) atoms. The van der Waals surface area contributed by atoms with E-state index in [-0.39, 0.29) is 5.91 Å². The summed E-state index contributed by atoms with van der Waals surface area (Å²) in [5, 5.41) is 3.76. The van der Waals surface area contributed by atoms with Crippen molar-refractivity contribution in [1.82, 2.24) is 4.98 Å². The lowest BCUT2D eigenvalue weighted by atomic mass is 10.2. The Hall–Kier alpha value is -3.32. The summed E-state index contributed by atoms with van der Waals surface area (Å²) in [6, 6.07) is 20.1. The second-order valence-electron chi connectivity index (χ2n) is 6.05. The highest BCUT2D eigenvalue weighted by Gasteiger charge is 2.12. The second-order valence-corrected chi connectivity index (χ2v) is 7.15. The van der Waals surface area contributed by atoms with Gasteiger partial charge in [0.1, 0.15) is 5.03 Å². The average molecular weight is 407 g/mol. The van der Waals surface area contributed by atoms with Gasteiger partial charge in [-0.2, -0.15) is 0 Å². The Morgan fingerprint density at radius 2 is 1.76 bits per heavy atom. The third-order valence-electron chi connectivity index (χ3n) is 4.03. The van der Waals surface area contributed by atoms with Crippen molar-refractivity contribution in [1.29, 1.82) is 0 Å². The van der Waals surface area contributed by atoms with Crippen molar-refractivity contribution in [2.75, 3.05) is 23.9 Å². The van der Waals surface area contributed by atoms with Crippen LogP contribution in [-0.2, 0) is 4.74 Å². The zero-order valence-corrected chi connectivity index (χ0v) is 17.0. The van der Waals surface area contributed by atoms with Crippen LogP contribution in [0, 0.1) is 0 Å². The Kier molecular flexibility index (Phi) is 6.86. The van der Waals surface area contributed by atoms with Crippen LogP contribution in [0.5, 0.6) is 0 Å². The van der Waals surface area contributed by atoms with Crippen LogP contribution in [0.15, 0.2) is 82.8 Å². The molecule has 148 valence electrons. The monoisotopic (exact) mass is 407 g/mol. The molecule has 0 aliphatic carbocycles. The summed E-state index contributed by atoms with van der Waals surface area (Å²) in [4.78, 5) is 30.9. The lowest BCUT2D eigenvalue weighted by Crippen LogP contribution is -2.26. The fourth-order valence-corrected chi connectivity index (χ4v) is 3.27. The molecule has 6 nitrogen and oxygen atoms in total. The summed E-state index contributed by atoms with van der Waals surface area (Å²) in [5.41, 5.74) is 1.88. The average Bonchev–Trinajstić information content (AvgIpc) is 2.75. The minimum Gasteiger partial charge on any atom is -0.449 e. The molecule has 0 spiro atoms. The molecule has 7 heteroatoms. The van der Waals surface area contributed by atoms with E-state index in [1.165, 1.54) is 16.7 Å². The number of nitrogens with zero attached hydrogens (tertiary/aromatic N) is 2. The van der Waals surface area contributed by atoms with Gasteiger partial charge in [0.05, 0.1) is 6.61 Å². The van der Waals surface area contributed by atoms with Gasteiger partial charge in [-0.1, -0.05) is 17.8 Å². The lowest BCUT2D eigenvalue weighted by Gasteiger charge is -2.17. The van der Waals surface area contributed by atoms with Crippen LogP contribution in [0.4, 0.5) is 16.2 Å². The van der Waals surface area contributed by atoms with Crippen LogP contribution in [0.25, 0.3) is 0 Å². The van der Waals surface area contributed by atoms with Gasteiger partial charge in [0, 0.05) is 35.1 Å². The highest BCUT2D eigenvalue weighted by Crippen LogP contribution is 2.26. The number of ether oxygens (including phenoxy) is 1. The first-order chi connectivity index (χ1) is 14.1. The molecule has 0 aliphatic rings. The van der Waals surface area contributed by atoms with Gasteiger partial charge < -0.3 is 10.1 Å². The van der Waals surface area contributed by atoms with Gasteiger partial charge in [0.25, 0.3) is 5.91 Å². The molecule has 0 aliphatic heterocycles. The van der Waals surface area contributed by atoms with E-state index in [0.29, 0.717) is 23.5 Å². The van der Waals surface area contributed by atoms with E-state index in [4.69, 9.17) is 4.74 Å². The molecule has 0 saturated heterocycles. The van der Waals surface area contributed by atoms with Crippen molar-refractivity contribution >= 4 is 35.1 Å². The van der Waals surface area contributed by atoms with E-state index in [1.807, 2.05) is 30.3 Å². The maximum Gasteiger partial charge on any atom is 0.413 e. The van der Waals surface area contributed by atoms with E-state index in [0.717, 1.165) is 9.92 Å². The van der Waals surface area contributed by atoms with Gasteiger partial charge in [-0.15, -0.1) is 0 Å². The summed E-state index contributed by atoms with van der Waals surface area (Å²) in [5.74, 6) is -0.203. The van der Waals surface area contributed by atoms with E-state index < -0.39 is 6.09 Å². The number of amides is 2. The highest BCUT2D eigenvalue weighted by atomic mass is 32.2. The number of aromatic nitrogens is 1. The number of rotatable bonds is 6. The van der Waals surface area contributed by atoms with Crippen LogP contribution < -0.4 is 10.2 Å². The highest BCUT2D eigenvalue weighted by molar-refractivity contribution is 7.99. The van der Waals surface area contributed by atoms with E-state index >= 15 is 0 Å². The minimum atomic E-state index is -0.423. The number of nitrogens with one attached hydrogen (secondary N) is 1. The van der Waals surface area contributed by atoms with Gasteiger partial charge >= 0.3 is 6.09 Å². The van der Waals surface area contributed by atoms with E-state index in [1.54, 1.807) is 56.6 Å². The number of carbonyl (C=O) groups excluding carboxylic acids is 2. The fourth-order valence-electron chi connectivity index (χ4n) is 2.50. The molecule has 0 bridgehead atoms. The topological polar surface area (TPSA) is 71.5 Å². The first-order valence-electron chi connectivity index (χ1n) is 9.07. The van der Waals surface area contributed by atoms with Crippen molar-refractivity contribution in [2.45, 2.75) is 16.8 Å². The summed E-state index contributed by atoms with van der Waals surface area (Å²) >= 11 is 1.54. The molecular weight excluding hydrogens is 386 g/mol. The van der Waals surface area contributed by atoms with Crippen molar-refractivity contribution < 1.29 is 14.3 Å². The van der Waals surface area contributed by atoms with Gasteiger partial charge in [-0.25, -0.2) is 9.78 Å². The number of benzene rings is 2. The second kappa shape index (κ2) is 9.75. The van der Waals surface area contributed by atoms with Crippen LogP contribution in [-0.4, -0.2) is 30.6 Å². The normalized spacial score (nSPS) is 10.3. The molecule has 0 radical (unpaired) electrons. The summed E-state index contributed by atoms with van der Waals surface area (Å²) < 4.78 is 4.97. The lowest BCUT2D eigenvalue weighted by molar-refractivity contribution is 0.102. The number of hydrogen-bond acceptors (Lipinski definition) is 5. The predicted octanol–water partition coefficient (Wildman–Crippen LogP) is 5.08. The molecule has 0 saturated carbocycles. The first-order valence-corrected chi connectivity index (χ1v) is 9.89. The summed E-state index contributed by atoms with van der Waals surface area (Å²) in [6.07, 6.45) is 1.33. The van der Waals surface area contributed by atoms with Gasteiger partial charge in [0.2, 0.25) is 0 Å². The SMILES string of the molecule is CCOC(=O)N(C)c1ccc(NC(=O)c2ccc(Sc3ccccn3)cc2)cc1. The molecule has 0 unspecified atom stereocenters. The van der Waals surface area contributed by atoms with Crippen LogP contribution in [0.2, 0.25) is 0 Å². The standard InChI is InChI=1S/C22H21N3O3S/c1-3-28-22(27)25(2)18-11-9-17(10-12-18)24-21(26)16-7-13-19(14-8-16)29-20-6-4-5-15-23-20/h4-15H,3H2,1-2H3,(H,24,26). The molecule has 2 aromatic carbocycles. The van der Waals surface area contributed by atoms with Gasteiger partial charge in [-0.05, 0) is 67.6 Å². The third kappa shape index (κ3) is 5.58. The maximum absolute atomic E-state index is 12.5. The Balaban J connectivity index is 1.60. The Bertz CT molecular complexity index is 961.